The summed E-state index contributed by atoms with van der Waals surface area (Å²) in [5.41, 5.74) is 13.3. The molecule has 146 valence electrons. The van der Waals surface area contributed by atoms with Crippen molar-refractivity contribution in [1.29, 1.82) is 0 Å². The lowest BCUT2D eigenvalue weighted by Crippen LogP contribution is -2.53. The van der Waals surface area contributed by atoms with Crippen molar-refractivity contribution in [2.24, 2.45) is 11.7 Å². The van der Waals surface area contributed by atoms with Crippen LogP contribution >= 0.6 is 0 Å². The van der Waals surface area contributed by atoms with E-state index in [4.69, 9.17) is 11.5 Å². The molecule has 0 aromatic heterocycles. The largest absolute Gasteiger partial charge is 0.480 e. The summed E-state index contributed by atoms with van der Waals surface area (Å²) in [5.74, 6) is -1.06. The van der Waals surface area contributed by atoms with Gasteiger partial charge in [-0.05, 0) is 30.4 Å². The number of carbonyl (C=O) groups is 2. The van der Waals surface area contributed by atoms with Gasteiger partial charge in [-0.25, -0.2) is 4.79 Å². The predicted octanol–water partition coefficient (Wildman–Crippen LogP) is 2.66. The van der Waals surface area contributed by atoms with E-state index >= 15 is 0 Å². The van der Waals surface area contributed by atoms with Gasteiger partial charge in [-0.3, -0.25) is 4.79 Å². The topological polar surface area (TPSA) is 110 Å². The van der Waals surface area contributed by atoms with Crippen LogP contribution in [0.25, 0.3) is 0 Å². The molecule has 0 saturated carbocycles. The molecule has 5 N–H and O–H groups in total. The molecule has 1 aromatic carbocycles. The van der Waals surface area contributed by atoms with Gasteiger partial charge in [0, 0.05) is 18.7 Å². The lowest BCUT2D eigenvalue weighted by molar-refractivity contribution is -0.151. The van der Waals surface area contributed by atoms with Gasteiger partial charge in [0.1, 0.15) is 6.04 Å². The number of carbonyl (C=O) groups excluding carboxylic acids is 1. The highest BCUT2D eigenvalue weighted by Crippen LogP contribution is 2.18. The molecule has 0 heterocycles. The summed E-state index contributed by atoms with van der Waals surface area (Å²) in [6.07, 6.45) is 3.38. The van der Waals surface area contributed by atoms with Crippen molar-refractivity contribution in [3.63, 3.8) is 0 Å². The Bertz CT molecular complexity index is 589. The van der Waals surface area contributed by atoms with Crippen molar-refractivity contribution in [3.05, 3.63) is 29.8 Å². The van der Waals surface area contributed by atoms with Crippen molar-refractivity contribution in [2.45, 2.75) is 65.0 Å². The van der Waals surface area contributed by atoms with Crippen molar-refractivity contribution in [2.75, 3.05) is 12.3 Å². The van der Waals surface area contributed by atoms with E-state index in [-0.39, 0.29) is 18.2 Å². The second-order valence-electron chi connectivity index (χ2n) is 7.23. The van der Waals surface area contributed by atoms with Crippen LogP contribution in [0.3, 0.4) is 0 Å². The standard InChI is InChI=1S/C20H33N3O3/c1-4-5-8-11-23(19(24)17(22)12-14(2)3)18(20(25)26)13-15-9-6-7-10-16(15)21/h6-7,9-10,14,17-18H,4-5,8,11-13,21-22H2,1-3H3,(H,25,26). The molecule has 1 amide bonds. The molecular formula is C20H33N3O3. The maximum atomic E-state index is 12.9. The van der Waals surface area contributed by atoms with E-state index in [1.165, 1.54) is 4.90 Å². The molecule has 2 atom stereocenters. The van der Waals surface area contributed by atoms with Gasteiger partial charge in [-0.1, -0.05) is 51.8 Å². The van der Waals surface area contributed by atoms with E-state index in [1.807, 2.05) is 19.9 Å². The number of carboxylic acid groups (broad SMARTS) is 1. The fraction of sp³-hybridized carbons (Fsp3) is 0.600. The van der Waals surface area contributed by atoms with Crippen LogP contribution in [0.4, 0.5) is 5.69 Å². The molecule has 0 aliphatic carbocycles. The number of hydrogen-bond donors (Lipinski definition) is 3. The second kappa shape index (κ2) is 10.8. The van der Waals surface area contributed by atoms with Crippen LogP contribution in [-0.4, -0.2) is 40.5 Å². The molecule has 1 aromatic rings. The molecule has 0 fully saturated rings. The fourth-order valence-corrected chi connectivity index (χ4v) is 3.03. The van der Waals surface area contributed by atoms with Crippen molar-refractivity contribution < 1.29 is 14.7 Å². The summed E-state index contributed by atoms with van der Waals surface area (Å²) >= 11 is 0. The first-order valence-corrected chi connectivity index (χ1v) is 9.40. The van der Waals surface area contributed by atoms with Gasteiger partial charge in [0.2, 0.25) is 5.91 Å². The molecule has 0 bridgehead atoms. The number of nitrogens with zero attached hydrogens (tertiary/aromatic N) is 1. The van der Waals surface area contributed by atoms with E-state index in [9.17, 15) is 14.7 Å². The number of amides is 1. The first-order chi connectivity index (χ1) is 12.3. The Kier molecular flexibility index (Phi) is 9.13. The van der Waals surface area contributed by atoms with E-state index < -0.39 is 18.1 Å². The minimum atomic E-state index is -1.03. The molecule has 0 aliphatic heterocycles. The zero-order valence-electron chi connectivity index (χ0n) is 16.1. The maximum Gasteiger partial charge on any atom is 0.326 e. The Morgan fingerprint density at radius 1 is 1.19 bits per heavy atom. The van der Waals surface area contributed by atoms with Crippen LogP contribution in [-0.2, 0) is 16.0 Å². The molecular weight excluding hydrogens is 330 g/mol. The number of unbranched alkanes of at least 4 members (excludes halogenated alkanes) is 2. The quantitative estimate of drug-likeness (QED) is 0.413. The normalized spacial score (nSPS) is 13.4. The average molecular weight is 364 g/mol. The first kappa shape index (κ1) is 22.0. The van der Waals surface area contributed by atoms with E-state index in [2.05, 4.69) is 6.92 Å². The molecule has 0 spiro atoms. The molecule has 0 radical (unpaired) electrons. The molecule has 0 aliphatic rings. The van der Waals surface area contributed by atoms with E-state index in [0.29, 0.717) is 18.7 Å². The summed E-state index contributed by atoms with van der Waals surface area (Å²) in [5, 5.41) is 9.79. The van der Waals surface area contributed by atoms with Gasteiger partial charge >= 0.3 is 5.97 Å². The Labute approximate surface area is 156 Å². The summed E-state index contributed by atoms with van der Waals surface area (Å²) in [6, 6.07) is 5.50. The van der Waals surface area contributed by atoms with Crippen molar-refractivity contribution >= 4 is 17.6 Å². The highest BCUT2D eigenvalue weighted by molar-refractivity contribution is 5.87. The Morgan fingerprint density at radius 2 is 1.85 bits per heavy atom. The van der Waals surface area contributed by atoms with E-state index in [1.54, 1.807) is 18.2 Å². The van der Waals surface area contributed by atoms with Crippen LogP contribution in [0.15, 0.2) is 24.3 Å². The van der Waals surface area contributed by atoms with Crippen molar-refractivity contribution in [3.8, 4) is 0 Å². The Morgan fingerprint density at radius 3 is 2.38 bits per heavy atom. The van der Waals surface area contributed by atoms with Crippen LogP contribution in [0.5, 0.6) is 0 Å². The third-order valence-electron chi connectivity index (χ3n) is 4.46. The van der Waals surface area contributed by atoms with Crippen LogP contribution in [0.2, 0.25) is 0 Å². The van der Waals surface area contributed by atoms with Gasteiger partial charge in [-0.2, -0.15) is 0 Å². The zero-order chi connectivity index (χ0) is 19.7. The summed E-state index contributed by atoms with van der Waals surface area (Å²) in [6.45, 7) is 6.44. The van der Waals surface area contributed by atoms with Gasteiger partial charge < -0.3 is 21.5 Å². The van der Waals surface area contributed by atoms with Crippen LogP contribution in [0, 0.1) is 5.92 Å². The summed E-state index contributed by atoms with van der Waals surface area (Å²) in [4.78, 5) is 26.3. The molecule has 2 unspecified atom stereocenters. The molecule has 26 heavy (non-hydrogen) atoms. The SMILES string of the molecule is CCCCCN(C(=O)C(N)CC(C)C)C(Cc1ccccc1N)C(=O)O. The maximum absolute atomic E-state index is 12.9. The average Bonchev–Trinajstić information content (AvgIpc) is 2.57. The van der Waals surface area contributed by atoms with Gasteiger partial charge in [0.15, 0.2) is 0 Å². The number of aliphatic carboxylic acids is 1. The number of nitrogens with two attached hydrogens (primary N) is 2. The highest BCUT2D eigenvalue weighted by Gasteiger charge is 2.32. The summed E-state index contributed by atoms with van der Waals surface area (Å²) < 4.78 is 0. The number of carboxylic acids is 1. The number of nitrogen functional groups attached to an aromatic ring is 1. The molecule has 0 saturated heterocycles. The first-order valence-electron chi connectivity index (χ1n) is 9.40. The molecule has 6 nitrogen and oxygen atoms in total. The van der Waals surface area contributed by atoms with Gasteiger partial charge in [0.05, 0.1) is 6.04 Å². The monoisotopic (exact) mass is 363 g/mol. The summed E-state index contributed by atoms with van der Waals surface area (Å²) in [7, 11) is 0. The Hall–Kier alpha value is -2.08. The predicted molar refractivity (Wildman–Crippen MR) is 105 cm³/mol. The van der Waals surface area contributed by atoms with Crippen LogP contribution < -0.4 is 11.5 Å². The smallest absolute Gasteiger partial charge is 0.326 e. The lowest BCUT2D eigenvalue weighted by atomic mass is 9.99. The highest BCUT2D eigenvalue weighted by atomic mass is 16.4. The molecule has 6 heteroatoms. The Balaban J connectivity index is 3.06. The third kappa shape index (κ3) is 6.67. The van der Waals surface area contributed by atoms with Gasteiger partial charge in [-0.15, -0.1) is 0 Å². The van der Waals surface area contributed by atoms with Crippen molar-refractivity contribution in [1.82, 2.24) is 4.90 Å². The minimum absolute atomic E-state index is 0.175. The third-order valence-corrected chi connectivity index (χ3v) is 4.46. The fourth-order valence-electron chi connectivity index (χ4n) is 3.03. The number of benzene rings is 1. The van der Waals surface area contributed by atoms with Crippen LogP contribution in [0.1, 0.15) is 52.0 Å². The van der Waals surface area contributed by atoms with E-state index in [0.717, 1.165) is 24.8 Å². The lowest BCUT2D eigenvalue weighted by Gasteiger charge is -2.32. The zero-order valence-corrected chi connectivity index (χ0v) is 16.1. The van der Waals surface area contributed by atoms with Gasteiger partial charge in [0.25, 0.3) is 0 Å². The number of anilines is 1. The number of rotatable bonds is 11. The minimum Gasteiger partial charge on any atom is -0.480 e. The number of hydrogen-bond acceptors (Lipinski definition) is 4. The molecule has 1 rings (SSSR count). The second-order valence-corrected chi connectivity index (χ2v) is 7.23. The number of para-hydroxylation sites is 1.